The number of non-ortho nitro benzene ring substituents is 1. The highest BCUT2D eigenvalue weighted by atomic mass is 16.6. The summed E-state index contributed by atoms with van der Waals surface area (Å²) in [5, 5.41) is 27.0. The lowest BCUT2D eigenvalue weighted by molar-refractivity contribution is -0.384. The van der Waals surface area contributed by atoms with Gasteiger partial charge in [-0.25, -0.2) is 4.79 Å². The normalized spacial score (nSPS) is 10.3. The quantitative estimate of drug-likeness (QED) is 0.498. The molecule has 7 heteroatoms. The van der Waals surface area contributed by atoms with E-state index >= 15 is 0 Å². The van der Waals surface area contributed by atoms with Crippen LogP contribution in [0.5, 0.6) is 5.75 Å². The molecule has 0 unspecified atom stereocenters. The first kappa shape index (κ1) is 15.3. The van der Waals surface area contributed by atoms with Crippen molar-refractivity contribution in [2.24, 2.45) is 0 Å². The van der Waals surface area contributed by atoms with Gasteiger partial charge in [0.2, 0.25) is 0 Å². The lowest BCUT2D eigenvalue weighted by atomic mass is 10.1. The van der Waals surface area contributed by atoms with E-state index in [-0.39, 0.29) is 11.4 Å². The molecule has 3 N–H and O–H groups in total. The van der Waals surface area contributed by atoms with Crippen molar-refractivity contribution in [3.63, 3.8) is 0 Å². The molecule has 7 nitrogen and oxygen atoms in total. The van der Waals surface area contributed by atoms with Crippen molar-refractivity contribution < 1.29 is 14.8 Å². The molecule has 0 spiro atoms. The van der Waals surface area contributed by atoms with Crippen molar-refractivity contribution in [3.05, 3.63) is 70.8 Å². The smallest absolute Gasteiger partial charge is 0.323 e. The zero-order valence-corrected chi connectivity index (χ0v) is 12.4. The van der Waals surface area contributed by atoms with Crippen LogP contribution in [0.3, 0.4) is 0 Å². The second kappa shape index (κ2) is 6.25. The number of phenolic OH excluding ortho intramolecular Hbond substituents is 1. The highest BCUT2D eigenvalue weighted by Gasteiger charge is 2.08. The monoisotopic (exact) mass is 323 g/mol. The molecule has 0 saturated carbocycles. The van der Waals surface area contributed by atoms with Crippen LogP contribution in [0.4, 0.5) is 21.9 Å². The van der Waals surface area contributed by atoms with Crippen molar-refractivity contribution in [2.75, 3.05) is 10.6 Å². The van der Waals surface area contributed by atoms with Crippen LogP contribution in [-0.2, 0) is 0 Å². The van der Waals surface area contributed by atoms with Crippen molar-refractivity contribution in [3.8, 4) is 5.75 Å². The predicted octanol–water partition coefficient (Wildman–Crippen LogP) is 4.10. The van der Waals surface area contributed by atoms with Gasteiger partial charge in [0.15, 0.2) is 0 Å². The molecule has 3 aromatic carbocycles. The Kier molecular flexibility index (Phi) is 3.98. The minimum absolute atomic E-state index is 0.0465. The topological polar surface area (TPSA) is 104 Å². The van der Waals surface area contributed by atoms with Gasteiger partial charge in [0, 0.05) is 23.2 Å². The number of nitro groups is 1. The SMILES string of the molecule is O=C(Nc1ccc([N+](=O)[O-])cc1)Nc1cccc2cc(O)ccc12. The van der Waals surface area contributed by atoms with Crippen LogP contribution < -0.4 is 10.6 Å². The maximum Gasteiger partial charge on any atom is 0.323 e. The first-order chi connectivity index (χ1) is 11.5. The summed E-state index contributed by atoms with van der Waals surface area (Å²) >= 11 is 0. The number of rotatable bonds is 3. The Morgan fingerprint density at radius 2 is 1.75 bits per heavy atom. The number of aromatic hydroxyl groups is 1. The molecule has 0 saturated heterocycles. The second-order valence-electron chi connectivity index (χ2n) is 5.09. The van der Waals surface area contributed by atoms with E-state index in [2.05, 4.69) is 10.6 Å². The molecule has 3 aromatic rings. The summed E-state index contributed by atoms with van der Waals surface area (Å²) in [7, 11) is 0. The zero-order valence-electron chi connectivity index (χ0n) is 12.4. The molecule has 120 valence electrons. The molecule has 0 radical (unpaired) electrons. The Morgan fingerprint density at radius 3 is 2.46 bits per heavy atom. The Balaban J connectivity index is 1.76. The van der Waals surface area contributed by atoms with Crippen molar-refractivity contribution in [2.45, 2.75) is 0 Å². The average molecular weight is 323 g/mol. The van der Waals surface area contributed by atoms with Crippen LogP contribution in [0.15, 0.2) is 60.7 Å². The maximum absolute atomic E-state index is 12.1. The minimum atomic E-state index is -0.505. The van der Waals surface area contributed by atoms with Gasteiger partial charge in [0.25, 0.3) is 5.69 Å². The van der Waals surface area contributed by atoms with E-state index in [1.54, 1.807) is 30.3 Å². The van der Waals surface area contributed by atoms with Gasteiger partial charge < -0.3 is 15.7 Å². The van der Waals surface area contributed by atoms with Crippen LogP contribution >= 0.6 is 0 Å². The van der Waals surface area contributed by atoms with Crippen molar-refractivity contribution in [1.29, 1.82) is 0 Å². The van der Waals surface area contributed by atoms with Gasteiger partial charge in [-0.3, -0.25) is 10.1 Å². The molecular weight excluding hydrogens is 310 g/mol. The second-order valence-corrected chi connectivity index (χ2v) is 5.09. The molecule has 0 aliphatic heterocycles. The summed E-state index contributed by atoms with van der Waals surface area (Å²) in [4.78, 5) is 22.2. The molecule has 0 bridgehead atoms. The number of hydrogen-bond donors (Lipinski definition) is 3. The molecule has 0 atom stereocenters. The van der Waals surface area contributed by atoms with E-state index in [0.29, 0.717) is 11.4 Å². The fraction of sp³-hybridized carbons (Fsp3) is 0. The number of fused-ring (bicyclic) bond motifs is 1. The molecule has 0 aliphatic rings. The third-order valence-corrected chi connectivity index (χ3v) is 3.45. The van der Waals surface area contributed by atoms with E-state index in [1.807, 2.05) is 6.07 Å². The fourth-order valence-corrected chi connectivity index (χ4v) is 2.33. The Labute approximate surface area is 136 Å². The van der Waals surface area contributed by atoms with E-state index in [4.69, 9.17) is 0 Å². The molecule has 24 heavy (non-hydrogen) atoms. The van der Waals surface area contributed by atoms with Crippen LogP contribution in [0.2, 0.25) is 0 Å². The molecule has 3 rings (SSSR count). The van der Waals surface area contributed by atoms with Crippen molar-refractivity contribution >= 4 is 33.9 Å². The highest BCUT2D eigenvalue weighted by Crippen LogP contribution is 2.26. The zero-order chi connectivity index (χ0) is 17.1. The van der Waals surface area contributed by atoms with Gasteiger partial charge >= 0.3 is 6.03 Å². The summed E-state index contributed by atoms with van der Waals surface area (Å²) in [5.41, 5.74) is 0.984. The van der Waals surface area contributed by atoms with Crippen LogP contribution in [0.25, 0.3) is 10.8 Å². The molecule has 2 amide bonds. The van der Waals surface area contributed by atoms with Gasteiger partial charge in [-0.2, -0.15) is 0 Å². The minimum Gasteiger partial charge on any atom is -0.508 e. The third-order valence-electron chi connectivity index (χ3n) is 3.45. The summed E-state index contributed by atoms with van der Waals surface area (Å²) in [6.45, 7) is 0. The number of phenols is 1. The fourth-order valence-electron chi connectivity index (χ4n) is 2.33. The lowest BCUT2D eigenvalue weighted by Gasteiger charge is -2.10. The summed E-state index contributed by atoms with van der Waals surface area (Å²) in [6.07, 6.45) is 0. The number of amides is 2. The number of hydrogen-bond acceptors (Lipinski definition) is 4. The van der Waals surface area contributed by atoms with Crippen LogP contribution in [0, 0.1) is 10.1 Å². The molecule has 0 fully saturated rings. The molecule has 0 heterocycles. The Morgan fingerprint density at radius 1 is 1.00 bits per heavy atom. The standard InChI is InChI=1S/C17H13N3O4/c21-14-8-9-15-11(10-14)2-1-3-16(15)19-17(22)18-12-4-6-13(7-5-12)20(23)24/h1-10,21H,(H2,18,19,22). The number of benzene rings is 3. The third kappa shape index (κ3) is 3.25. The Bertz CT molecular complexity index is 923. The molecular formula is C17H13N3O4. The summed E-state index contributed by atoms with van der Waals surface area (Å²) in [6, 6.07) is 15.3. The summed E-state index contributed by atoms with van der Waals surface area (Å²) < 4.78 is 0. The molecule has 0 aromatic heterocycles. The van der Waals surface area contributed by atoms with E-state index < -0.39 is 11.0 Å². The van der Waals surface area contributed by atoms with Gasteiger partial charge in [-0.05, 0) is 41.8 Å². The number of nitrogens with zero attached hydrogens (tertiary/aromatic N) is 1. The van der Waals surface area contributed by atoms with Crippen LogP contribution in [0.1, 0.15) is 0 Å². The predicted molar refractivity (Wildman–Crippen MR) is 91.4 cm³/mol. The van der Waals surface area contributed by atoms with E-state index in [9.17, 15) is 20.0 Å². The van der Waals surface area contributed by atoms with E-state index in [0.717, 1.165) is 10.8 Å². The van der Waals surface area contributed by atoms with Gasteiger partial charge in [0.1, 0.15) is 5.75 Å². The van der Waals surface area contributed by atoms with Gasteiger partial charge in [-0.1, -0.05) is 12.1 Å². The number of carbonyl (C=O) groups excluding carboxylic acids is 1. The summed E-state index contributed by atoms with van der Waals surface area (Å²) in [5.74, 6) is 0.148. The first-order valence-corrected chi connectivity index (χ1v) is 7.07. The maximum atomic E-state index is 12.1. The van der Waals surface area contributed by atoms with Gasteiger partial charge in [-0.15, -0.1) is 0 Å². The number of nitrogens with one attached hydrogen (secondary N) is 2. The van der Waals surface area contributed by atoms with Crippen LogP contribution in [-0.4, -0.2) is 16.1 Å². The number of anilines is 2. The Hall–Kier alpha value is -3.61. The highest BCUT2D eigenvalue weighted by molar-refractivity contribution is 6.06. The largest absolute Gasteiger partial charge is 0.508 e. The number of nitro benzene ring substituents is 1. The molecule has 0 aliphatic carbocycles. The van der Waals surface area contributed by atoms with Gasteiger partial charge in [0.05, 0.1) is 10.6 Å². The lowest BCUT2D eigenvalue weighted by Crippen LogP contribution is -2.19. The van der Waals surface area contributed by atoms with Crippen molar-refractivity contribution in [1.82, 2.24) is 0 Å². The first-order valence-electron chi connectivity index (χ1n) is 7.07. The number of urea groups is 1. The average Bonchev–Trinajstić information content (AvgIpc) is 2.55. The number of carbonyl (C=O) groups is 1. The van der Waals surface area contributed by atoms with E-state index in [1.165, 1.54) is 24.3 Å².